The maximum absolute atomic E-state index is 10.9. The second-order valence-corrected chi connectivity index (χ2v) is 6.01. The molecule has 3 nitrogen and oxygen atoms in total. The fourth-order valence-corrected chi connectivity index (χ4v) is 3.44. The van der Waals surface area contributed by atoms with Crippen LogP contribution in [0.1, 0.15) is 17.0 Å². The van der Waals surface area contributed by atoms with E-state index in [-0.39, 0.29) is 6.42 Å². The van der Waals surface area contributed by atoms with Gasteiger partial charge in [-0.15, -0.1) is 0 Å². The fourth-order valence-electron chi connectivity index (χ4n) is 2.35. The second-order valence-electron chi connectivity index (χ2n) is 4.95. The summed E-state index contributed by atoms with van der Waals surface area (Å²) >= 11 is 1.68. The molecule has 0 fully saturated rings. The molecule has 0 aliphatic rings. The third kappa shape index (κ3) is 3.23. The summed E-state index contributed by atoms with van der Waals surface area (Å²) in [5.74, 6) is -0.777. The van der Waals surface area contributed by atoms with Gasteiger partial charge in [-0.2, -0.15) is 4.57 Å². The Bertz CT molecular complexity index is 821. The Morgan fingerprint density at radius 2 is 1.77 bits per heavy atom. The van der Waals surface area contributed by atoms with E-state index in [0.717, 1.165) is 16.1 Å². The van der Waals surface area contributed by atoms with Gasteiger partial charge in [0.2, 0.25) is 5.52 Å². The van der Waals surface area contributed by atoms with Crippen molar-refractivity contribution in [1.29, 1.82) is 0 Å². The molecule has 0 amide bonds. The van der Waals surface area contributed by atoms with Crippen molar-refractivity contribution in [3.05, 3.63) is 65.2 Å². The van der Waals surface area contributed by atoms with Crippen LogP contribution < -0.4 is 4.57 Å². The summed E-state index contributed by atoms with van der Waals surface area (Å²) in [6, 6.07) is 18.2. The van der Waals surface area contributed by atoms with E-state index in [4.69, 9.17) is 5.11 Å². The highest BCUT2D eigenvalue weighted by Crippen LogP contribution is 2.22. The molecule has 0 saturated heterocycles. The summed E-state index contributed by atoms with van der Waals surface area (Å²) in [5, 5.41) is 10.0. The molecule has 4 heteroatoms. The summed E-state index contributed by atoms with van der Waals surface area (Å²) in [4.78, 5) is 10.9. The highest BCUT2D eigenvalue weighted by atomic mass is 32.1. The van der Waals surface area contributed by atoms with Crippen LogP contribution >= 0.6 is 11.3 Å². The summed E-state index contributed by atoms with van der Waals surface area (Å²) in [5.41, 5.74) is 2.21. The molecule has 0 spiro atoms. The number of carboxylic acid groups (broad SMARTS) is 1. The van der Waals surface area contributed by atoms with Crippen LogP contribution in [-0.4, -0.2) is 11.1 Å². The van der Waals surface area contributed by atoms with Gasteiger partial charge in [-0.1, -0.05) is 53.8 Å². The number of nitrogens with zero attached hydrogens (tertiary/aromatic N) is 1. The summed E-state index contributed by atoms with van der Waals surface area (Å²) in [6.45, 7) is 0.480. The molecule has 1 heterocycles. The molecule has 0 bridgehead atoms. The first-order valence-electron chi connectivity index (χ1n) is 7.10. The van der Waals surface area contributed by atoms with Gasteiger partial charge >= 0.3 is 5.97 Å². The molecule has 110 valence electrons. The number of benzene rings is 2. The molecule has 0 unspecified atom stereocenters. The first kappa shape index (κ1) is 14.5. The van der Waals surface area contributed by atoms with Gasteiger partial charge in [0, 0.05) is 12.1 Å². The topological polar surface area (TPSA) is 41.2 Å². The summed E-state index contributed by atoms with van der Waals surface area (Å²) < 4.78 is 3.24. The van der Waals surface area contributed by atoms with Gasteiger partial charge in [0.15, 0.2) is 6.54 Å². The van der Waals surface area contributed by atoms with Crippen LogP contribution in [0.3, 0.4) is 0 Å². The van der Waals surface area contributed by atoms with Crippen molar-refractivity contribution >= 4 is 39.7 Å². The van der Waals surface area contributed by atoms with Gasteiger partial charge in [0.05, 0.1) is 0 Å². The van der Waals surface area contributed by atoms with Gasteiger partial charge < -0.3 is 5.11 Å². The minimum absolute atomic E-state index is 0.123. The second kappa shape index (κ2) is 6.54. The molecular weight excluding hydrogens is 294 g/mol. The van der Waals surface area contributed by atoms with Crippen molar-refractivity contribution in [2.75, 3.05) is 0 Å². The Labute approximate surface area is 132 Å². The smallest absolute Gasteiger partial charge is 0.309 e. The molecule has 0 aliphatic carbocycles. The van der Waals surface area contributed by atoms with Crippen molar-refractivity contribution < 1.29 is 14.5 Å². The van der Waals surface area contributed by atoms with Crippen molar-refractivity contribution in [3.8, 4) is 0 Å². The van der Waals surface area contributed by atoms with E-state index in [1.54, 1.807) is 11.3 Å². The van der Waals surface area contributed by atoms with Gasteiger partial charge in [0.1, 0.15) is 11.1 Å². The molecule has 0 aliphatic heterocycles. The molecule has 22 heavy (non-hydrogen) atoms. The molecule has 0 saturated carbocycles. The van der Waals surface area contributed by atoms with Crippen molar-refractivity contribution in [3.63, 3.8) is 0 Å². The Kier molecular flexibility index (Phi) is 4.30. The van der Waals surface area contributed by atoms with Crippen molar-refractivity contribution in [2.24, 2.45) is 0 Å². The highest BCUT2D eigenvalue weighted by Gasteiger charge is 2.18. The zero-order valence-electron chi connectivity index (χ0n) is 12.0. The predicted octanol–water partition coefficient (Wildman–Crippen LogP) is 3.83. The molecule has 0 radical (unpaired) electrons. The number of para-hydroxylation sites is 1. The van der Waals surface area contributed by atoms with Crippen LogP contribution in [0.2, 0.25) is 0 Å². The van der Waals surface area contributed by atoms with Gasteiger partial charge in [-0.3, -0.25) is 4.79 Å². The van der Waals surface area contributed by atoms with Crippen LogP contribution in [0.25, 0.3) is 22.4 Å². The van der Waals surface area contributed by atoms with Crippen LogP contribution in [0.4, 0.5) is 0 Å². The average molecular weight is 310 g/mol. The van der Waals surface area contributed by atoms with E-state index in [2.05, 4.69) is 22.8 Å². The maximum atomic E-state index is 10.9. The summed E-state index contributed by atoms with van der Waals surface area (Å²) in [7, 11) is 0. The fraction of sp³-hybridized carbons (Fsp3) is 0.111. The monoisotopic (exact) mass is 310 g/mol. The molecule has 3 aromatic rings. The standard InChI is InChI=1S/C18H15NO2S/c20-18(21)12-13-19-15-8-4-5-9-16(15)22-17(19)11-10-14-6-2-1-3-7-14/h1-11H,12-13H2/p+1/b11-10+. The first-order valence-corrected chi connectivity index (χ1v) is 7.92. The maximum Gasteiger partial charge on any atom is 0.309 e. The minimum atomic E-state index is -0.777. The first-order chi connectivity index (χ1) is 10.7. The van der Waals surface area contributed by atoms with Crippen LogP contribution in [0.5, 0.6) is 0 Å². The van der Waals surface area contributed by atoms with Gasteiger partial charge in [-0.25, -0.2) is 0 Å². The number of carbonyl (C=O) groups is 1. The number of rotatable bonds is 5. The average Bonchev–Trinajstić information content (AvgIpc) is 2.89. The summed E-state index contributed by atoms with van der Waals surface area (Å²) in [6.07, 6.45) is 4.24. The van der Waals surface area contributed by atoms with Crippen LogP contribution in [0.15, 0.2) is 54.6 Å². The SMILES string of the molecule is O=C(O)CC[n+]1c(/C=C/c2ccccc2)sc2ccccc21. The van der Waals surface area contributed by atoms with E-state index in [1.807, 2.05) is 48.5 Å². The number of fused-ring (bicyclic) bond motifs is 1. The molecule has 3 rings (SSSR count). The van der Waals surface area contributed by atoms with Gasteiger partial charge in [0.25, 0.3) is 5.01 Å². The molecule has 1 N–H and O–H groups in total. The number of carboxylic acids is 1. The predicted molar refractivity (Wildman–Crippen MR) is 89.6 cm³/mol. The lowest BCUT2D eigenvalue weighted by molar-refractivity contribution is -0.667. The Morgan fingerprint density at radius 3 is 2.55 bits per heavy atom. The number of aryl methyl sites for hydroxylation is 1. The molecule has 2 aromatic carbocycles. The van der Waals surface area contributed by atoms with Crippen LogP contribution in [0, 0.1) is 0 Å². The molecular formula is C18H16NO2S+. The number of hydrogen-bond acceptors (Lipinski definition) is 2. The lowest BCUT2D eigenvalue weighted by atomic mass is 10.2. The number of hydrogen-bond donors (Lipinski definition) is 1. The van der Waals surface area contributed by atoms with E-state index in [9.17, 15) is 4.79 Å². The van der Waals surface area contributed by atoms with E-state index < -0.39 is 5.97 Å². The largest absolute Gasteiger partial charge is 0.481 e. The number of aliphatic carboxylic acids is 1. The lowest BCUT2D eigenvalue weighted by Crippen LogP contribution is -2.36. The van der Waals surface area contributed by atoms with E-state index in [0.29, 0.717) is 6.54 Å². The zero-order chi connectivity index (χ0) is 15.4. The normalized spacial score (nSPS) is 11.3. The Hall–Kier alpha value is -2.46. The van der Waals surface area contributed by atoms with E-state index in [1.165, 1.54) is 4.70 Å². The quantitative estimate of drug-likeness (QED) is 0.728. The molecule has 0 atom stereocenters. The number of thiazole rings is 1. The zero-order valence-corrected chi connectivity index (χ0v) is 12.8. The van der Waals surface area contributed by atoms with Crippen molar-refractivity contribution in [1.82, 2.24) is 0 Å². The minimum Gasteiger partial charge on any atom is -0.481 e. The van der Waals surface area contributed by atoms with Gasteiger partial charge in [-0.05, 0) is 17.7 Å². The lowest BCUT2D eigenvalue weighted by Gasteiger charge is -1.95. The highest BCUT2D eigenvalue weighted by molar-refractivity contribution is 7.18. The third-order valence-corrected chi connectivity index (χ3v) is 4.53. The molecule has 1 aromatic heterocycles. The van der Waals surface area contributed by atoms with E-state index >= 15 is 0 Å². The van der Waals surface area contributed by atoms with Crippen molar-refractivity contribution in [2.45, 2.75) is 13.0 Å². The third-order valence-electron chi connectivity index (χ3n) is 3.40. The Balaban J connectivity index is 1.98. The number of aromatic nitrogens is 1. The Morgan fingerprint density at radius 1 is 1.05 bits per heavy atom. The van der Waals surface area contributed by atoms with Crippen LogP contribution in [-0.2, 0) is 11.3 Å².